The van der Waals surface area contributed by atoms with Gasteiger partial charge in [-0.15, -0.1) is 6.58 Å². The molecule has 0 saturated carbocycles. The van der Waals surface area contributed by atoms with Crippen molar-refractivity contribution in [3.63, 3.8) is 0 Å². The van der Waals surface area contributed by atoms with Crippen LogP contribution in [0.3, 0.4) is 0 Å². The summed E-state index contributed by atoms with van der Waals surface area (Å²) >= 11 is 0. The van der Waals surface area contributed by atoms with Gasteiger partial charge in [-0.3, -0.25) is 19.3 Å². The van der Waals surface area contributed by atoms with Gasteiger partial charge in [-0.25, -0.2) is 4.39 Å². The number of amides is 3. The Hall–Kier alpha value is -4.54. The van der Waals surface area contributed by atoms with Gasteiger partial charge in [0.1, 0.15) is 11.4 Å². The number of carbonyl (C=O) groups excluding carboxylic acids is 3. The molecular formula is C37H40FN3O6. The molecule has 1 saturated heterocycles. The van der Waals surface area contributed by atoms with Crippen molar-refractivity contribution in [1.29, 1.82) is 0 Å². The lowest BCUT2D eigenvalue weighted by Gasteiger charge is -2.33. The lowest BCUT2D eigenvalue weighted by Crippen LogP contribution is -2.45. The first-order chi connectivity index (χ1) is 22.5. The summed E-state index contributed by atoms with van der Waals surface area (Å²) in [5, 5.41) is 9.77. The molecule has 47 heavy (non-hydrogen) atoms. The maximum Gasteiger partial charge on any atom is 0.269 e. The van der Waals surface area contributed by atoms with Crippen LogP contribution in [0.4, 0.5) is 21.5 Å². The fourth-order valence-electron chi connectivity index (χ4n) is 7.59. The van der Waals surface area contributed by atoms with Crippen molar-refractivity contribution >= 4 is 34.8 Å². The average Bonchev–Trinajstić information content (AvgIpc) is 3.47. The van der Waals surface area contributed by atoms with Crippen molar-refractivity contribution in [3.8, 4) is 5.75 Å². The highest BCUT2D eigenvalue weighted by atomic mass is 19.1. The van der Waals surface area contributed by atoms with Crippen LogP contribution in [0.1, 0.15) is 38.3 Å². The van der Waals surface area contributed by atoms with E-state index in [9.17, 15) is 19.5 Å². The minimum Gasteiger partial charge on any atom is -0.482 e. The van der Waals surface area contributed by atoms with E-state index in [1.807, 2.05) is 42.5 Å². The lowest BCUT2D eigenvalue weighted by atomic mass is 9.71. The third-order valence-electron chi connectivity index (χ3n) is 9.54. The van der Waals surface area contributed by atoms with E-state index in [4.69, 9.17) is 9.47 Å². The van der Waals surface area contributed by atoms with E-state index in [1.54, 1.807) is 53.1 Å². The summed E-state index contributed by atoms with van der Waals surface area (Å²) in [6.45, 7) is 8.70. The Morgan fingerprint density at radius 1 is 1.11 bits per heavy atom. The second-order valence-corrected chi connectivity index (χ2v) is 12.9. The first-order valence-corrected chi connectivity index (χ1v) is 15.9. The molecule has 3 aliphatic rings. The van der Waals surface area contributed by atoms with E-state index in [2.05, 4.69) is 6.58 Å². The lowest BCUT2D eigenvalue weighted by molar-refractivity contribution is -0.150. The molecule has 0 aromatic heterocycles. The number of aliphatic hydroxyl groups excluding tert-OH is 1. The summed E-state index contributed by atoms with van der Waals surface area (Å²) in [7, 11) is 0. The second kappa shape index (κ2) is 12.6. The number of para-hydroxylation sites is 2. The highest BCUT2D eigenvalue weighted by molar-refractivity contribution is 6.10. The van der Waals surface area contributed by atoms with Crippen LogP contribution in [0.2, 0.25) is 0 Å². The highest BCUT2D eigenvalue weighted by Crippen LogP contribution is 2.59. The summed E-state index contributed by atoms with van der Waals surface area (Å²) < 4.78 is 28.7. The van der Waals surface area contributed by atoms with Gasteiger partial charge in [-0.2, -0.15) is 0 Å². The topological polar surface area (TPSA) is 99.6 Å². The molecular weight excluding hydrogens is 601 g/mol. The van der Waals surface area contributed by atoms with E-state index in [-0.39, 0.29) is 57.0 Å². The zero-order valence-electron chi connectivity index (χ0n) is 26.9. The summed E-state index contributed by atoms with van der Waals surface area (Å²) in [5.41, 5.74) is -0.388. The van der Waals surface area contributed by atoms with Gasteiger partial charge in [0.25, 0.3) is 11.8 Å². The van der Waals surface area contributed by atoms with Crippen molar-refractivity contribution in [2.45, 2.75) is 51.1 Å². The van der Waals surface area contributed by atoms with E-state index in [1.165, 1.54) is 18.7 Å². The molecule has 3 aromatic carbocycles. The molecule has 0 radical (unpaired) electrons. The predicted octanol–water partition coefficient (Wildman–Crippen LogP) is 5.28. The number of ether oxygens (including phenoxy) is 2. The number of hydrogen-bond acceptors (Lipinski definition) is 6. The summed E-state index contributed by atoms with van der Waals surface area (Å²) in [5.74, 6) is -1.94. The zero-order chi connectivity index (χ0) is 33.5. The van der Waals surface area contributed by atoms with Crippen molar-refractivity contribution < 1.29 is 33.4 Å². The molecule has 3 heterocycles. The number of aliphatic hydroxyl groups is 1. The molecule has 3 amide bonds. The number of fused-ring (bicyclic) bond motifs is 3. The number of nitrogens with zero attached hydrogens (tertiary/aromatic N) is 3. The number of carbonyl (C=O) groups is 3. The third-order valence-corrected chi connectivity index (χ3v) is 9.54. The maximum absolute atomic E-state index is 16.3. The standard InChI is InChI=1S/C37H40FN3O6/c1-5-17-40-28-16-15-26(41-29-13-9-10-14-30(29)46-23-33(41)44)20-27(28)37(35(40)45)24(2)34(36(3,4)38)31(47-37)21-32(43)39(18-19-42)22-25-11-7-6-8-12-25/h5-16,20,24,31,34,42H,1,17-19,21-23H2,2-4H3/t24-,31+,34-,37+/m1/s1. The average molecular weight is 642 g/mol. The molecule has 1 N–H and O–H groups in total. The molecule has 0 unspecified atom stereocenters. The first kappa shape index (κ1) is 32.4. The number of anilines is 3. The molecule has 0 bridgehead atoms. The minimum atomic E-state index is -1.82. The highest BCUT2D eigenvalue weighted by Gasteiger charge is 2.66. The Morgan fingerprint density at radius 3 is 2.53 bits per heavy atom. The maximum atomic E-state index is 16.3. The molecule has 10 heteroatoms. The molecule has 0 aliphatic carbocycles. The van der Waals surface area contributed by atoms with Crippen LogP contribution in [0.5, 0.6) is 5.75 Å². The van der Waals surface area contributed by atoms with Crippen molar-refractivity contribution in [3.05, 3.63) is 96.6 Å². The van der Waals surface area contributed by atoms with E-state index >= 15 is 4.39 Å². The summed E-state index contributed by atoms with van der Waals surface area (Å²) in [4.78, 5) is 46.2. The molecule has 4 atom stereocenters. The van der Waals surface area contributed by atoms with Gasteiger partial charge in [-0.05, 0) is 49.7 Å². The van der Waals surface area contributed by atoms with Gasteiger partial charge in [-0.1, -0.05) is 55.5 Å². The second-order valence-electron chi connectivity index (χ2n) is 12.9. The van der Waals surface area contributed by atoms with Gasteiger partial charge in [0.15, 0.2) is 12.2 Å². The van der Waals surface area contributed by atoms with Crippen LogP contribution in [0, 0.1) is 11.8 Å². The molecule has 9 nitrogen and oxygen atoms in total. The van der Waals surface area contributed by atoms with Crippen LogP contribution in [0.25, 0.3) is 0 Å². The van der Waals surface area contributed by atoms with Gasteiger partial charge in [0.05, 0.1) is 30.5 Å². The Balaban J connectivity index is 1.41. The smallest absolute Gasteiger partial charge is 0.269 e. The van der Waals surface area contributed by atoms with Gasteiger partial charge in [0, 0.05) is 42.7 Å². The monoisotopic (exact) mass is 641 g/mol. The molecule has 3 aromatic rings. The van der Waals surface area contributed by atoms with Crippen molar-refractivity contribution in [2.75, 3.05) is 36.1 Å². The molecule has 1 spiro atoms. The summed E-state index contributed by atoms with van der Waals surface area (Å²) in [6.07, 6.45) is 0.476. The van der Waals surface area contributed by atoms with E-state index in [0.717, 1.165) is 5.56 Å². The Bertz CT molecular complexity index is 1690. The van der Waals surface area contributed by atoms with Crippen molar-refractivity contribution in [2.24, 2.45) is 11.8 Å². The van der Waals surface area contributed by atoms with Crippen LogP contribution in [0.15, 0.2) is 85.5 Å². The molecule has 3 aliphatic heterocycles. The number of rotatable bonds is 10. The van der Waals surface area contributed by atoms with Crippen LogP contribution < -0.4 is 14.5 Å². The van der Waals surface area contributed by atoms with Crippen molar-refractivity contribution in [1.82, 2.24) is 4.90 Å². The number of alkyl halides is 1. The number of benzene rings is 3. The SMILES string of the molecule is C=CCN1C(=O)[C@@]2(O[C@@H](CC(=O)N(CCO)Cc3ccccc3)[C@H](C(C)(C)F)[C@H]2C)c2cc(N3C(=O)COc4ccccc43)ccc21. The molecule has 1 fully saturated rings. The van der Waals surface area contributed by atoms with Crippen LogP contribution >= 0.6 is 0 Å². The van der Waals surface area contributed by atoms with Crippen LogP contribution in [-0.2, 0) is 31.3 Å². The predicted molar refractivity (Wildman–Crippen MR) is 176 cm³/mol. The third kappa shape index (κ3) is 5.59. The van der Waals surface area contributed by atoms with Crippen LogP contribution in [-0.4, -0.2) is 65.8 Å². The number of hydrogen-bond donors (Lipinski definition) is 1. The minimum absolute atomic E-state index is 0.0954. The van der Waals surface area contributed by atoms with E-state index in [0.29, 0.717) is 28.4 Å². The Labute approximate surface area is 274 Å². The Morgan fingerprint density at radius 2 is 1.83 bits per heavy atom. The molecule has 246 valence electrons. The molecule has 6 rings (SSSR count). The zero-order valence-corrected chi connectivity index (χ0v) is 26.9. The first-order valence-electron chi connectivity index (χ1n) is 15.9. The summed E-state index contributed by atoms with van der Waals surface area (Å²) in [6, 6.07) is 22.0. The quantitative estimate of drug-likeness (QED) is 0.303. The fourth-order valence-corrected chi connectivity index (χ4v) is 7.59. The largest absolute Gasteiger partial charge is 0.482 e. The van der Waals surface area contributed by atoms with E-state index < -0.39 is 29.2 Å². The number of halogens is 1. The van der Waals surface area contributed by atoms with Gasteiger partial charge in [0.2, 0.25) is 5.91 Å². The van der Waals surface area contributed by atoms with Gasteiger partial charge < -0.3 is 24.4 Å². The Kier molecular flexibility index (Phi) is 8.67. The fraction of sp³-hybridized carbons (Fsp3) is 0.378. The normalized spacial score (nSPS) is 23.5. The van der Waals surface area contributed by atoms with Gasteiger partial charge >= 0.3 is 0 Å².